The molecule has 3 rings (SSSR count). The Balaban J connectivity index is 1.70. The van der Waals surface area contributed by atoms with Gasteiger partial charge in [0.2, 0.25) is 10.0 Å². The molecule has 2 aromatic rings. The number of nitrogens with one attached hydrogen (secondary N) is 1. The summed E-state index contributed by atoms with van der Waals surface area (Å²) in [6.45, 7) is 12.1. The monoisotopic (exact) mass is 632 g/mol. The smallest absolute Gasteiger partial charge is 0.410 e. The Morgan fingerprint density at radius 1 is 1.05 bits per heavy atom. The van der Waals surface area contributed by atoms with E-state index in [4.69, 9.17) is 4.74 Å². The van der Waals surface area contributed by atoms with Crippen molar-refractivity contribution in [1.29, 1.82) is 0 Å². The summed E-state index contributed by atoms with van der Waals surface area (Å²) in [5, 5.41) is 2.94. The van der Waals surface area contributed by atoms with E-state index in [-0.39, 0.29) is 11.7 Å². The van der Waals surface area contributed by atoms with Crippen LogP contribution < -0.4 is 14.5 Å². The van der Waals surface area contributed by atoms with E-state index in [1.807, 2.05) is 62.9 Å². The van der Waals surface area contributed by atoms with E-state index in [1.54, 1.807) is 17.0 Å². The zero-order chi connectivity index (χ0) is 31.8. The normalized spacial score (nSPS) is 14.8. The molecule has 0 aromatic heterocycles. The third-order valence-electron chi connectivity index (χ3n) is 7.53. The maximum Gasteiger partial charge on any atom is 0.410 e. The van der Waals surface area contributed by atoms with Crippen molar-refractivity contribution in [1.82, 2.24) is 4.90 Å². The number of rotatable bonds is 12. The summed E-state index contributed by atoms with van der Waals surface area (Å²) in [6.07, 6.45) is 5.67. The highest BCUT2D eigenvalue weighted by atomic mass is 32.2. The van der Waals surface area contributed by atoms with E-state index in [0.29, 0.717) is 37.6 Å². The molecular weight excluding hydrogens is 585 g/mol. The van der Waals surface area contributed by atoms with Crippen LogP contribution in [0.25, 0.3) is 0 Å². The van der Waals surface area contributed by atoms with Crippen molar-refractivity contribution in [3.05, 3.63) is 48.0 Å². The number of ether oxygens (including phenoxy) is 1. The molecule has 238 valence electrons. The lowest BCUT2D eigenvalue weighted by Crippen LogP contribution is -2.50. The summed E-state index contributed by atoms with van der Waals surface area (Å²) in [5.41, 5.74) is 1.39. The molecule has 0 bridgehead atoms. The van der Waals surface area contributed by atoms with Crippen molar-refractivity contribution in [3.8, 4) is 0 Å². The molecule has 1 fully saturated rings. The molecule has 2 amide bonds. The van der Waals surface area contributed by atoms with Crippen LogP contribution in [0, 0.1) is 5.92 Å². The zero-order valence-electron chi connectivity index (χ0n) is 26.7. The van der Waals surface area contributed by atoms with Gasteiger partial charge in [0.15, 0.2) is 0 Å². The van der Waals surface area contributed by atoms with Crippen LogP contribution in [-0.2, 0) is 14.8 Å². The molecule has 1 heterocycles. The summed E-state index contributed by atoms with van der Waals surface area (Å²) in [6, 6.07) is 12.9. The molecule has 43 heavy (non-hydrogen) atoms. The molecule has 11 heteroatoms. The van der Waals surface area contributed by atoms with Gasteiger partial charge >= 0.3 is 6.09 Å². The molecule has 0 saturated carbocycles. The predicted molar refractivity (Wildman–Crippen MR) is 178 cm³/mol. The van der Waals surface area contributed by atoms with Gasteiger partial charge in [0, 0.05) is 49.5 Å². The molecule has 0 radical (unpaired) electrons. The molecule has 9 nitrogen and oxygen atoms in total. The minimum absolute atomic E-state index is 0.250. The van der Waals surface area contributed by atoms with Gasteiger partial charge in [0.1, 0.15) is 5.60 Å². The summed E-state index contributed by atoms with van der Waals surface area (Å²) in [5.74, 6) is 1.44. The molecule has 2 aromatic carbocycles. The average Bonchev–Trinajstić information content (AvgIpc) is 2.95. The van der Waals surface area contributed by atoms with Crippen LogP contribution >= 0.6 is 11.8 Å². The molecule has 0 aliphatic carbocycles. The molecule has 1 aliphatic rings. The van der Waals surface area contributed by atoms with Crippen LogP contribution in [0.5, 0.6) is 0 Å². The van der Waals surface area contributed by atoms with Crippen molar-refractivity contribution in [2.24, 2.45) is 5.92 Å². The number of sulfonamides is 1. The van der Waals surface area contributed by atoms with Crippen LogP contribution in [0.3, 0.4) is 0 Å². The van der Waals surface area contributed by atoms with E-state index >= 15 is 0 Å². The molecule has 0 spiro atoms. The van der Waals surface area contributed by atoms with E-state index in [1.165, 1.54) is 32.7 Å². The zero-order valence-corrected chi connectivity index (χ0v) is 28.3. The second-order valence-electron chi connectivity index (χ2n) is 12.2. The van der Waals surface area contributed by atoms with Gasteiger partial charge in [-0.2, -0.15) is 0 Å². The first-order valence-corrected chi connectivity index (χ1v) is 17.9. The number of hydrogen-bond donors (Lipinski definition) is 1. The number of benzene rings is 2. The number of amides is 2. The lowest BCUT2D eigenvalue weighted by Gasteiger charge is -2.37. The van der Waals surface area contributed by atoms with E-state index in [2.05, 4.69) is 24.1 Å². The number of thioether (sulfide) groups is 1. The van der Waals surface area contributed by atoms with Crippen molar-refractivity contribution < 1.29 is 22.7 Å². The summed E-state index contributed by atoms with van der Waals surface area (Å²) < 4.78 is 31.4. The summed E-state index contributed by atoms with van der Waals surface area (Å²) >= 11 is 1.81. The molecular formula is C32H48N4O5S2. The highest BCUT2D eigenvalue weighted by Crippen LogP contribution is 2.30. The Morgan fingerprint density at radius 3 is 2.28 bits per heavy atom. The van der Waals surface area contributed by atoms with Gasteiger partial charge < -0.3 is 19.9 Å². The van der Waals surface area contributed by atoms with Gasteiger partial charge in [0.05, 0.1) is 17.5 Å². The fourth-order valence-corrected chi connectivity index (χ4v) is 6.08. The van der Waals surface area contributed by atoms with Gasteiger partial charge in [-0.05, 0) is 81.3 Å². The first-order valence-electron chi connectivity index (χ1n) is 15.0. The Labute approximate surface area is 262 Å². The maximum atomic E-state index is 13.6. The van der Waals surface area contributed by atoms with Crippen molar-refractivity contribution in [2.75, 3.05) is 59.8 Å². The number of anilines is 3. The SMILES string of the molecule is CC[C@@H](C)CCCCSc1ccc(NC(=O)c2cc(N3CCN(C(=O)OC(C)(C)C)CC3)ccc2N(C)S(C)(=O)=O)cc1. The number of hydrogen-bond acceptors (Lipinski definition) is 7. The van der Waals surface area contributed by atoms with Gasteiger partial charge in [-0.1, -0.05) is 33.1 Å². The number of carbonyl (C=O) groups is 2. The van der Waals surface area contributed by atoms with Crippen molar-refractivity contribution in [3.63, 3.8) is 0 Å². The number of unbranched alkanes of at least 4 members (excludes halogenated alkanes) is 1. The Morgan fingerprint density at radius 2 is 1.70 bits per heavy atom. The van der Waals surface area contributed by atoms with Crippen LogP contribution in [0.1, 0.15) is 70.7 Å². The molecule has 1 aliphatic heterocycles. The first-order chi connectivity index (χ1) is 20.2. The minimum Gasteiger partial charge on any atom is -0.444 e. The average molecular weight is 633 g/mol. The van der Waals surface area contributed by atoms with Gasteiger partial charge in [-0.15, -0.1) is 11.8 Å². The van der Waals surface area contributed by atoms with Crippen LogP contribution in [-0.4, -0.2) is 76.2 Å². The molecule has 1 atom stereocenters. The summed E-state index contributed by atoms with van der Waals surface area (Å²) in [7, 11) is -2.16. The lowest BCUT2D eigenvalue weighted by atomic mass is 10.0. The lowest BCUT2D eigenvalue weighted by molar-refractivity contribution is 0.0240. The Kier molecular flexibility index (Phi) is 12.2. The summed E-state index contributed by atoms with van der Waals surface area (Å²) in [4.78, 5) is 30.9. The highest BCUT2D eigenvalue weighted by Gasteiger charge is 2.27. The van der Waals surface area contributed by atoms with Crippen molar-refractivity contribution in [2.45, 2.75) is 70.8 Å². The fourth-order valence-electron chi connectivity index (χ4n) is 4.65. The quantitative estimate of drug-likeness (QED) is 0.205. The van der Waals surface area contributed by atoms with Crippen molar-refractivity contribution >= 4 is 50.8 Å². The number of piperazine rings is 1. The predicted octanol–water partition coefficient (Wildman–Crippen LogP) is 6.70. The molecule has 1 N–H and O–H groups in total. The van der Waals surface area contributed by atoms with Gasteiger partial charge in [-0.3, -0.25) is 9.10 Å². The fraction of sp³-hybridized carbons (Fsp3) is 0.562. The van der Waals surface area contributed by atoms with E-state index in [9.17, 15) is 18.0 Å². The van der Waals surface area contributed by atoms with Gasteiger partial charge in [-0.25, -0.2) is 13.2 Å². The third-order valence-corrected chi connectivity index (χ3v) is 9.82. The number of nitrogens with zero attached hydrogens (tertiary/aromatic N) is 3. The standard InChI is InChI=1S/C32H48N4O5S2/c1-8-24(2)11-9-10-22-42-27-15-12-25(13-16-27)33-30(37)28-23-26(14-17-29(28)34(6)43(7,39)40)35-18-20-36(21-19-35)31(38)41-32(3,4)5/h12-17,23-24H,8-11,18-22H2,1-7H3,(H,33,37)/t24-/m1/s1. The largest absolute Gasteiger partial charge is 0.444 e. The molecule has 1 saturated heterocycles. The Bertz CT molecular complexity index is 1330. The van der Waals surface area contributed by atoms with Crippen LogP contribution in [0.15, 0.2) is 47.4 Å². The minimum atomic E-state index is -3.60. The third kappa shape index (κ3) is 10.6. The van der Waals surface area contributed by atoms with E-state index in [0.717, 1.165) is 32.8 Å². The van der Waals surface area contributed by atoms with E-state index < -0.39 is 21.5 Å². The van der Waals surface area contributed by atoms with Crippen LogP contribution in [0.2, 0.25) is 0 Å². The van der Waals surface area contributed by atoms with Crippen LogP contribution in [0.4, 0.5) is 21.9 Å². The Hall–Kier alpha value is -2.92. The second kappa shape index (κ2) is 15.2. The maximum absolute atomic E-state index is 13.6. The topological polar surface area (TPSA) is 99.3 Å². The van der Waals surface area contributed by atoms with Gasteiger partial charge in [0.25, 0.3) is 5.91 Å². The first kappa shape index (κ1) is 34.6. The molecule has 0 unspecified atom stereocenters. The number of carbonyl (C=O) groups excluding carboxylic acids is 2. The second-order valence-corrected chi connectivity index (χ2v) is 15.4. The highest BCUT2D eigenvalue weighted by molar-refractivity contribution is 7.99.